The van der Waals surface area contributed by atoms with Gasteiger partial charge in [-0.05, 0) is 18.2 Å². The largest absolute Gasteiger partial charge is 0.380 e. The third-order valence-corrected chi connectivity index (χ3v) is 5.74. The van der Waals surface area contributed by atoms with Gasteiger partial charge in [0.2, 0.25) is 10.0 Å². The third kappa shape index (κ3) is 3.60. The van der Waals surface area contributed by atoms with Gasteiger partial charge in [0.25, 0.3) is 0 Å². The zero-order valence-corrected chi connectivity index (χ0v) is 13.2. The number of rotatable bonds is 5. The molecule has 1 N–H and O–H groups in total. The molecule has 0 aromatic heterocycles. The van der Waals surface area contributed by atoms with Crippen molar-refractivity contribution >= 4 is 19.9 Å². The van der Waals surface area contributed by atoms with Gasteiger partial charge in [-0.2, -0.15) is 0 Å². The van der Waals surface area contributed by atoms with Gasteiger partial charge in [-0.15, -0.1) is 0 Å². The van der Waals surface area contributed by atoms with Crippen LogP contribution in [0, 0.1) is 11.2 Å². The first-order chi connectivity index (χ1) is 9.54. The lowest BCUT2D eigenvalue weighted by Gasteiger charge is -2.37. The topological polar surface area (TPSA) is 89.5 Å². The summed E-state index contributed by atoms with van der Waals surface area (Å²) in [5.74, 6) is -0.995. The number of sulfone groups is 1. The molecule has 0 atom stereocenters. The van der Waals surface area contributed by atoms with E-state index in [4.69, 9.17) is 4.74 Å². The number of nitrogens with one attached hydrogen (secondary N) is 1. The lowest BCUT2D eigenvalue weighted by molar-refractivity contribution is -0.0965. The van der Waals surface area contributed by atoms with Crippen molar-refractivity contribution in [2.75, 3.05) is 26.0 Å². The van der Waals surface area contributed by atoms with E-state index in [2.05, 4.69) is 4.72 Å². The molecule has 21 heavy (non-hydrogen) atoms. The zero-order valence-electron chi connectivity index (χ0n) is 11.6. The Hall–Kier alpha value is -1.03. The predicted molar refractivity (Wildman–Crippen MR) is 73.6 cm³/mol. The third-order valence-electron chi connectivity index (χ3n) is 3.21. The molecule has 0 bridgehead atoms. The Balaban J connectivity index is 2.31. The molecule has 0 unspecified atom stereocenters. The van der Waals surface area contributed by atoms with Gasteiger partial charge in [-0.3, -0.25) is 0 Å². The molecule has 1 fully saturated rings. The molecule has 1 saturated heterocycles. The molecule has 0 aliphatic carbocycles. The molecular weight excluding hydrogens is 321 g/mol. The standard InChI is InChI=1S/C12H16FNO5S2/c1-12(7-19-8-12)6-14-21(17,18)11-5-9(20(2,15)16)3-4-10(11)13/h3-5,14H,6-8H2,1-2H3. The van der Waals surface area contributed by atoms with Crippen LogP contribution in [0.25, 0.3) is 0 Å². The molecule has 1 aromatic carbocycles. The van der Waals surface area contributed by atoms with Gasteiger partial charge in [0, 0.05) is 18.2 Å². The fourth-order valence-electron chi connectivity index (χ4n) is 1.82. The van der Waals surface area contributed by atoms with E-state index in [9.17, 15) is 21.2 Å². The van der Waals surface area contributed by atoms with Gasteiger partial charge >= 0.3 is 0 Å². The van der Waals surface area contributed by atoms with Crippen molar-refractivity contribution in [3.05, 3.63) is 24.0 Å². The second-order valence-electron chi connectivity index (χ2n) is 5.49. The number of halogens is 1. The fourth-order valence-corrected chi connectivity index (χ4v) is 3.84. The van der Waals surface area contributed by atoms with Gasteiger partial charge in [0.05, 0.1) is 18.1 Å². The second-order valence-corrected chi connectivity index (χ2v) is 9.24. The summed E-state index contributed by atoms with van der Waals surface area (Å²) in [5.41, 5.74) is -0.321. The van der Waals surface area contributed by atoms with Gasteiger partial charge in [0.1, 0.15) is 10.7 Å². The lowest BCUT2D eigenvalue weighted by Crippen LogP contribution is -2.48. The van der Waals surface area contributed by atoms with E-state index >= 15 is 0 Å². The number of hydrogen-bond donors (Lipinski definition) is 1. The molecule has 9 heteroatoms. The van der Waals surface area contributed by atoms with Crippen LogP contribution in [0.5, 0.6) is 0 Å². The van der Waals surface area contributed by atoms with Crippen molar-refractivity contribution in [3.8, 4) is 0 Å². The minimum Gasteiger partial charge on any atom is -0.380 e. The summed E-state index contributed by atoms with van der Waals surface area (Å²) >= 11 is 0. The summed E-state index contributed by atoms with van der Waals surface area (Å²) in [6.07, 6.45) is 0.927. The molecule has 6 nitrogen and oxygen atoms in total. The summed E-state index contributed by atoms with van der Waals surface area (Å²) in [6.45, 7) is 2.77. The molecule has 118 valence electrons. The Morgan fingerprint density at radius 1 is 1.29 bits per heavy atom. The number of sulfonamides is 1. The Labute approximate surface area is 123 Å². The highest BCUT2D eigenvalue weighted by atomic mass is 32.2. The maximum Gasteiger partial charge on any atom is 0.243 e. The average Bonchev–Trinajstić information content (AvgIpc) is 2.33. The second kappa shape index (κ2) is 5.31. The lowest BCUT2D eigenvalue weighted by atomic mass is 9.89. The van der Waals surface area contributed by atoms with Crippen LogP contribution in [0.1, 0.15) is 6.92 Å². The van der Waals surface area contributed by atoms with Crippen LogP contribution in [-0.4, -0.2) is 42.8 Å². The zero-order chi connectivity index (χ0) is 15.9. The molecule has 2 rings (SSSR count). The van der Waals surface area contributed by atoms with E-state index in [1.54, 1.807) is 0 Å². The van der Waals surface area contributed by atoms with E-state index < -0.39 is 30.6 Å². The van der Waals surface area contributed by atoms with Crippen molar-refractivity contribution in [1.29, 1.82) is 0 Å². The summed E-state index contributed by atoms with van der Waals surface area (Å²) in [7, 11) is -7.75. The Morgan fingerprint density at radius 2 is 1.90 bits per heavy atom. The van der Waals surface area contributed by atoms with E-state index in [0.29, 0.717) is 13.2 Å². The predicted octanol–water partition coefficient (Wildman–Crippen LogP) is 0.544. The first-order valence-electron chi connectivity index (χ1n) is 6.11. The van der Waals surface area contributed by atoms with Crippen LogP contribution in [-0.2, 0) is 24.6 Å². The minimum atomic E-state index is -4.13. The SMILES string of the molecule is CC1(CNS(=O)(=O)c2cc(S(C)(=O)=O)ccc2F)COC1. The first kappa shape index (κ1) is 16.3. The van der Waals surface area contributed by atoms with Crippen LogP contribution in [0.2, 0.25) is 0 Å². The number of benzene rings is 1. The Morgan fingerprint density at radius 3 is 2.38 bits per heavy atom. The van der Waals surface area contributed by atoms with Crippen LogP contribution < -0.4 is 4.72 Å². The van der Waals surface area contributed by atoms with Crippen molar-refractivity contribution < 1.29 is 26.0 Å². The molecule has 0 amide bonds. The average molecular weight is 337 g/mol. The molecule has 0 saturated carbocycles. The normalized spacial score (nSPS) is 18.2. The van der Waals surface area contributed by atoms with Crippen molar-refractivity contribution in [3.63, 3.8) is 0 Å². The van der Waals surface area contributed by atoms with Crippen LogP contribution in [0.4, 0.5) is 4.39 Å². The van der Waals surface area contributed by atoms with Crippen LogP contribution >= 0.6 is 0 Å². The quantitative estimate of drug-likeness (QED) is 0.792. The van der Waals surface area contributed by atoms with Crippen LogP contribution in [0.15, 0.2) is 28.0 Å². The molecule has 1 aliphatic heterocycles. The maximum absolute atomic E-state index is 13.7. The molecule has 0 radical (unpaired) electrons. The number of ether oxygens (including phenoxy) is 1. The van der Waals surface area contributed by atoms with E-state index in [-0.39, 0.29) is 16.9 Å². The van der Waals surface area contributed by atoms with Gasteiger partial charge in [-0.1, -0.05) is 6.92 Å². The van der Waals surface area contributed by atoms with Gasteiger partial charge in [0.15, 0.2) is 9.84 Å². The van der Waals surface area contributed by atoms with E-state index in [1.165, 1.54) is 0 Å². The van der Waals surface area contributed by atoms with Gasteiger partial charge < -0.3 is 4.74 Å². The number of hydrogen-bond acceptors (Lipinski definition) is 5. The molecule has 1 aliphatic rings. The summed E-state index contributed by atoms with van der Waals surface area (Å²) < 4.78 is 68.2. The van der Waals surface area contributed by atoms with Crippen molar-refractivity contribution in [2.24, 2.45) is 5.41 Å². The Bertz CT molecular complexity index is 754. The van der Waals surface area contributed by atoms with E-state index in [1.807, 2.05) is 6.92 Å². The smallest absolute Gasteiger partial charge is 0.243 e. The summed E-state index contributed by atoms with van der Waals surface area (Å²) in [5, 5.41) is 0. The monoisotopic (exact) mass is 337 g/mol. The maximum atomic E-state index is 13.7. The van der Waals surface area contributed by atoms with Crippen LogP contribution in [0.3, 0.4) is 0 Å². The highest BCUT2D eigenvalue weighted by molar-refractivity contribution is 7.91. The molecular formula is C12H16FNO5S2. The molecule has 1 heterocycles. The fraction of sp³-hybridized carbons (Fsp3) is 0.500. The highest BCUT2D eigenvalue weighted by Crippen LogP contribution is 2.26. The minimum absolute atomic E-state index is 0.0951. The highest BCUT2D eigenvalue weighted by Gasteiger charge is 2.35. The summed E-state index contributed by atoms with van der Waals surface area (Å²) in [6, 6.07) is 2.69. The van der Waals surface area contributed by atoms with Crippen molar-refractivity contribution in [2.45, 2.75) is 16.7 Å². The molecule has 1 aromatic rings. The Kier molecular flexibility index (Phi) is 4.13. The summed E-state index contributed by atoms with van der Waals surface area (Å²) in [4.78, 5) is -0.920. The van der Waals surface area contributed by atoms with E-state index in [0.717, 1.165) is 24.5 Å². The first-order valence-corrected chi connectivity index (χ1v) is 9.48. The molecule has 0 spiro atoms. The van der Waals surface area contributed by atoms with Gasteiger partial charge in [-0.25, -0.2) is 25.9 Å². The van der Waals surface area contributed by atoms with Crippen molar-refractivity contribution in [1.82, 2.24) is 4.72 Å².